The molecule has 0 heterocycles. The Morgan fingerprint density at radius 3 is 2.67 bits per heavy atom. The molecule has 54 valence electrons. The molecular formula is C6H13NO2. The van der Waals surface area contributed by atoms with Crippen LogP contribution in [0.25, 0.3) is 0 Å². The van der Waals surface area contributed by atoms with Crippen LogP contribution in [-0.4, -0.2) is 17.6 Å². The van der Waals surface area contributed by atoms with Gasteiger partial charge in [-0.25, -0.2) is 0 Å². The first-order valence-corrected chi connectivity index (χ1v) is 3.06. The Hall–Kier alpha value is -0.570. The highest BCUT2D eigenvalue weighted by atomic mass is 16.3. The van der Waals surface area contributed by atoms with Crippen LogP contribution < -0.4 is 5.73 Å². The zero-order valence-corrected chi connectivity index (χ0v) is 5.63. The minimum Gasteiger partial charge on any atom is -0.396 e. The molecule has 0 saturated carbocycles. The Morgan fingerprint density at radius 1 is 1.78 bits per heavy atom. The monoisotopic (exact) mass is 131 g/mol. The van der Waals surface area contributed by atoms with Crippen LogP contribution >= 0.6 is 0 Å². The summed E-state index contributed by atoms with van der Waals surface area (Å²) in [6.07, 6.45) is 1.03. The molecule has 0 unspecified atom stereocenters. The van der Waals surface area contributed by atoms with Crippen molar-refractivity contribution in [3.05, 3.63) is 0 Å². The fraction of sp³-hybridized carbons (Fsp3) is 0.833. The second kappa shape index (κ2) is 4.32. The molecule has 0 spiro atoms. The first-order chi connectivity index (χ1) is 4.16. The maximum atomic E-state index is 10.2. The van der Waals surface area contributed by atoms with Crippen LogP contribution in [0.2, 0.25) is 0 Å². The van der Waals surface area contributed by atoms with Gasteiger partial charge in [-0.1, -0.05) is 6.92 Å². The Bertz CT molecular complexity index is 93.1. The third-order valence-corrected chi connectivity index (χ3v) is 1.17. The largest absolute Gasteiger partial charge is 0.396 e. The van der Waals surface area contributed by atoms with E-state index in [1.54, 1.807) is 0 Å². The van der Waals surface area contributed by atoms with Gasteiger partial charge in [0.25, 0.3) is 0 Å². The molecule has 3 N–H and O–H groups in total. The van der Waals surface area contributed by atoms with Gasteiger partial charge in [-0.05, 0) is 12.3 Å². The van der Waals surface area contributed by atoms with E-state index < -0.39 is 0 Å². The molecule has 0 aromatic carbocycles. The van der Waals surface area contributed by atoms with Crippen molar-refractivity contribution in [2.45, 2.75) is 19.8 Å². The lowest BCUT2D eigenvalue weighted by Crippen LogP contribution is -2.15. The first kappa shape index (κ1) is 8.43. The molecule has 3 nitrogen and oxygen atoms in total. The zero-order chi connectivity index (χ0) is 7.28. The summed E-state index contributed by atoms with van der Waals surface area (Å²) in [5, 5.41) is 8.40. The van der Waals surface area contributed by atoms with E-state index in [2.05, 4.69) is 0 Å². The van der Waals surface area contributed by atoms with Gasteiger partial charge in [0.1, 0.15) is 0 Å². The third kappa shape index (κ3) is 5.30. The van der Waals surface area contributed by atoms with Crippen LogP contribution in [-0.2, 0) is 4.79 Å². The lowest BCUT2D eigenvalue weighted by molar-refractivity contribution is -0.118. The molecule has 0 aliphatic heterocycles. The van der Waals surface area contributed by atoms with Gasteiger partial charge in [0.2, 0.25) is 5.91 Å². The van der Waals surface area contributed by atoms with Crippen molar-refractivity contribution >= 4 is 5.91 Å². The topological polar surface area (TPSA) is 63.3 Å². The summed E-state index contributed by atoms with van der Waals surface area (Å²) in [4.78, 5) is 10.2. The molecule has 0 aliphatic carbocycles. The molecule has 0 aromatic heterocycles. The van der Waals surface area contributed by atoms with Gasteiger partial charge in [0.05, 0.1) is 0 Å². The molecule has 3 heteroatoms. The SMILES string of the molecule is C[C@H](CCO)CC(N)=O. The highest BCUT2D eigenvalue weighted by molar-refractivity contribution is 5.73. The molecular weight excluding hydrogens is 118 g/mol. The van der Waals surface area contributed by atoms with Gasteiger partial charge in [-0.3, -0.25) is 4.79 Å². The summed E-state index contributed by atoms with van der Waals surface area (Å²) in [5.41, 5.74) is 4.90. The number of nitrogens with two attached hydrogens (primary N) is 1. The van der Waals surface area contributed by atoms with Crippen LogP contribution in [0.3, 0.4) is 0 Å². The maximum Gasteiger partial charge on any atom is 0.217 e. The van der Waals surface area contributed by atoms with Gasteiger partial charge in [0.15, 0.2) is 0 Å². The maximum absolute atomic E-state index is 10.2. The standard InChI is InChI=1S/C6H13NO2/c1-5(2-3-8)4-6(7)9/h5,8H,2-4H2,1H3,(H2,7,9)/t5-/m1/s1. The van der Waals surface area contributed by atoms with Gasteiger partial charge < -0.3 is 10.8 Å². The van der Waals surface area contributed by atoms with E-state index >= 15 is 0 Å². The summed E-state index contributed by atoms with van der Waals surface area (Å²) in [5.74, 6) is -0.0801. The van der Waals surface area contributed by atoms with Crippen molar-refractivity contribution in [3.8, 4) is 0 Å². The van der Waals surface area contributed by atoms with Crippen molar-refractivity contribution in [2.24, 2.45) is 11.7 Å². The van der Waals surface area contributed by atoms with Gasteiger partial charge in [-0.2, -0.15) is 0 Å². The van der Waals surface area contributed by atoms with Crippen LogP contribution in [0.1, 0.15) is 19.8 Å². The fourth-order valence-corrected chi connectivity index (χ4v) is 0.666. The van der Waals surface area contributed by atoms with Crippen molar-refractivity contribution in [2.75, 3.05) is 6.61 Å². The quantitative estimate of drug-likeness (QED) is 0.558. The van der Waals surface area contributed by atoms with Crippen LogP contribution in [0.4, 0.5) is 0 Å². The van der Waals surface area contributed by atoms with Gasteiger partial charge in [0, 0.05) is 13.0 Å². The number of primary amides is 1. The Kier molecular flexibility index (Phi) is 4.05. The van der Waals surface area contributed by atoms with Crippen LogP contribution in [0.15, 0.2) is 0 Å². The van der Waals surface area contributed by atoms with Crippen LogP contribution in [0.5, 0.6) is 0 Å². The van der Waals surface area contributed by atoms with Gasteiger partial charge in [-0.15, -0.1) is 0 Å². The van der Waals surface area contributed by atoms with Crippen molar-refractivity contribution in [1.82, 2.24) is 0 Å². The first-order valence-electron chi connectivity index (χ1n) is 3.06. The summed E-state index contributed by atoms with van der Waals surface area (Å²) in [6.45, 7) is 2.02. The number of hydrogen-bond donors (Lipinski definition) is 2. The van der Waals surface area contributed by atoms with E-state index in [0.29, 0.717) is 12.8 Å². The molecule has 0 radical (unpaired) electrons. The summed E-state index contributed by atoms with van der Waals surface area (Å²) >= 11 is 0. The van der Waals surface area contributed by atoms with Gasteiger partial charge >= 0.3 is 0 Å². The van der Waals surface area contributed by atoms with E-state index in [4.69, 9.17) is 10.8 Å². The molecule has 1 amide bonds. The highest BCUT2D eigenvalue weighted by Gasteiger charge is 2.03. The lowest BCUT2D eigenvalue weighted by atomic mass is 10.0. The summed E-state index contributed by atoms with van der Waals surface area (Å²) in [6, 6.07) is 0. The minimum absolute atomic E-state index is 0.133. The molecule has 0 fully saturated rings. The second-order valence-electron chi connectivity index (χ2n) is 2.29. The number of carbonyl (C=O) groups is 1. The molecule has 0 aliphatic rings. The molecule has 1 atom stereocenters. The van der Waals surface area contributed by atoms with E-state index in [-0.39, 0.29) is 18.4 Å². The molecule has 9 heavy (non-hydrogen) atoms. The number of aliphatic hydroxyl groups is 1. The molecule has 0 bridgehead atoms. The average Bonchev–Trinajstić information content (AvgIpc) is 1.63. The van der Waals surface area contributed by atoms with E-state index in [1.165, 1.54) is 0 Å². The Labute approximate surface area is 54.9 Å². The third-order valence-electron chi connectivity index (χ3n) is 1.17. The summed E-state index contributed by atoms with van der Waals surface area (Å²) in [7, 11) is 0. The smallest absolute Gasteiger partial charge is 0.217 e. The van der Waals surface area contributed by atoms with Crippen molar-refractivity contribution < 1.29 is 9.90 Å². The Balaban J connectivity index is 3.26. The van der Waals surface area contributed by atoms with Crippen molar-refractivity contribution in [1.29, 1.82) is 0 Å². The highest BCUT2D eigenvalue weighted by Crippen LogP contribution is 2.04. The number of aliphatic hydroxyl groups excluding tert-OH is 1. The minimum atomic E-state index is -0.295. The average molecular weight is 131 g/mol. The molecule has 0 aromatic rings. The predicted octanol–water partition coefficient (Wildman–Crippen LogP) is -0.120. The molecule has 0 saturated heterocycles. The fourth-order valence-electron chi connectivity index (χ4n) is 0.666. The van der Waals surface area contributed by atoms with E-state index in [0.717, 1.165) is 0 Å². The predicted molar refractivity (Wildman–Crippen MR) is 34.7 cm³/mol. The Morgan fingerprint density at radius 2 is 2.33 bits per heavy atom. The zero-order valence-electron chi connectivity index (χ0n) is 5.63. The summed E-state index contributed by atoms with van der Waals surface area (Å²) < 4.78 is 0. The van der Waals surface area contributed by atoms with Crippen LogP contribution in [0, 0.1) is 5.92 Å². The van der Waals surface area contributed by atoms with Crippen molar-refractivity contribution in [3.63, 3.8) is 0 Å². The number of carbonyl (C=O) groups excluding carboxylic acids is 1. The number of hydrogen-bond acceptors (Lipinski definition) is 2. The lowest BCUT2D eigenvalue weighted by Gasteiger charge is -2.04. The molecule has 0 rings (SSSR count). The second-order valence-corrected chi connectivity index (χ2v) is 2.29. The van der Waals surface area contributed by atoms with E-state index in [1.807, 2.05) is 6.92 Å². The number of rotatable bonds is 4. The van der Waals surface area contributed by atoms with E-state index in [9.17, 15) is 4.79 Å². The number of amides is 1. The normalized spacial score (nSPS) is 13.1.